The molecule has 114 valence electrons. The Labute approximate surface area is 124 Å². The lowest BCUT2D eigenvalue weighted by Crippen LogP contribution is -2.41. The summed E-state index contributed by atoms with van der Waals surface area (Å²) in [4.78, 5) is 23.0. The van der Waals surface area contributed by atoms with Crippen LogP contribution in [0.15, 0.2) is 24.3 Å². The van der Waals surface area contributed by atoms with Crippen LogP contribution >= 0.6 is 0 Å². The van der Waals surface area contributed by atoms with Crippen molar-refractivity contribution >= 4 is 11.9 Å². The number of hydrogen-bond donors (Lipinski definition) is 2. The number of amides is 1. The third-order valence-electron chi connectivity index (χ3n) is 3.80. The van der Waals surface area contributed by atoms with Gasteiger partial charge in [0.1, 0.15) is 5.75 Å². The van der Waals surface area contributed by atoms with E-state index in [9.17, 15) is 9.59 Å². The van der Waals surface area contributed by atoms with Crippen molar-refractivity contribution in [1.29, 1.82) is 0 Å². The molecule has 1 aliphatic carbocycles. The number of aryl methyl sites for hydroxylation is 1. The smallest absolute Gasteiger partial charge is 0.306 e. The number of aliphatic carboxylic acids is 1. The maximum absolute atomic E-state index is 12.1. The molecule has 21 heavy (non-hydrogen) atoms. The number of rotatable bonds is 5. The Kier molecular flexibility index (Phi) is 4.83. The summed E-state index contributed by atoms with van der Waals surface area (Å²) in [6.07, 6.45) is 1.22. The maximum atomic E-state index is 12.1. The van der Waals surface area contributed by atoms with Gasteiger partial charge in [-0.25, -0.2) is 0 Å². The fraction of sp³-hybridized carbons (Fsp3) is 0.500. The lowest BCUT2D eigenvalue weighted by molar-refractivity contribution is -0.141. The first-order chi connectivity index (χ1) is 9.95. The standard InChI is InChI=1S/C16H21NO4/c1-10-4-3-5-14(8-10)21-11(2)15(18)17-13-7-6-12(9-13)16(19)20/h3-5,8,11-13H,6-7,9H2,1-2H3,(H,17,18)(H,19,20)/t11?,12-,13+/m1/s1. The molecule has 2 rings (SSSR count). The van der Waals surface area contributed by atoms with Gasteiger partial charge in [0, 0.05) is 6.04 Å². The Morgan fingerprint density at radius 2 is 2.14 bits per heavy atom. The Balaban J connectivity index is 1.84. The van der Waals surface area contributed by atoms with Crippen molar-refractivity contribution in [1.82, 2.24) is 5.32 Å². The number of ether oxygens (including phenoxy) is 1. The largest absolute Gasteiger partial charge is 0.481 e. The number of benzene rings is 1. The predicted molar refractivity (Wildman–Crippen MR) is 78.2 cm³/mol. The SMILES string of the molecule is Cc1cccc(OC(C)C(=O)N[C@H]2CC[C@@H](C(=O)O)C2)c1. The zero-order chi connectivity index (χ0) is 15.4. The molecule has 1 aliphatic rings. The predicted octanol–water partition coefficient (Wildman–Crippen LogP) is 2.13. The first kappa shape index (κ1) is 15.4. The van der Waals surface area contributed by atoms with Crippen LogP contribution < -0.4 is 10.1 Å². The van der Waals surface area contributed by atoms with Crippen molar-refractivity contribution in [3.63, 3.8) is 0 Å². The van der Waals surface area contributed by atoms with E-state index in [-0.39, 0.29) is 17.9 Å². The van der Waals surface area contributed by atoms with Crippen LogP contribution in [-0.4, -0.2) is 29.1 Å². The van der Waals surface area contributed by atoms with Crippen molar-refractivity contribution in [3.8, 4) is 5.75 Å². The minimum atomic E-state index is -0.782. The van der Waals surface area contributed by atoms with Crippen LogP contribution in [0.1, 0.15) is 31.7 Å². The van der Waals surface area contributed by atoms with Gasteiger partial charge in [-0.3, -0.25) is 9.59 Å². The second kappa shape index (κ2) is 6.61. The summed E-state index contributed by atoms with van der Waals surface area (Å²) in [5.74, 6) is -0.667. The maximum Gasteiger partial charge on any atom is 0.306 e. The average Bonchev–Trinajstić information content (AvgIpc) is 2.87. The van der Waals surface area contributed by atoms with Crippen LogP contribution in [0.5, 0.6) is 5.75 Å². The van der Waals surface area contributed by atoms with Crippen LogP contribution in [0.2, 0.25) is 0 Å². The van der Waals surface area contributed by atoms with Crippen molar-refractivity contribution < 1.29 is 19.4 Å². The normalized spacial score (nSPS) is 22.6. The lowest BCUT2D eigenvalue weighted by Gasteiger charge is -2.18. The molecule has 1 amide bonds. The molecule has 0 aromatic heterocycles. The van der Waals surface area contributed by atoms with Crippen LogP contribution in [0.25, 0.3) is 0 Å². The summed E-state index contributed by atoms with van der Waals surface area (Å²) in [6, 6.07) is 7.46. The van der Waals surface area contributed by atoms with Gasteiger partial charge in [-0.1, -0.05) is 12.1 Å². The summed E-state index contributed by atoms with van der Waals surface area (Å²) < 4.78 is 5.61. The highest BCUT2D eigenvalue weighted by Gasteiger charge is 2.31. The molecule has 0 saturated heterocycles. The molecule has 1 aromatic rings. The second-order valence-corrected chi connectivity index (χ2v) is 5.63. The van der Waals surface area contributed by atoms with Gasteiger partial charge in [-0.05, 0) is 50.8 Å². The van der Waals surface area contributed by atoms with E-state index in [4.69, 9.17) is 9.84 Å². The summed E-state index contributed by atoms with van der Waals surface area (Å²) in [7, 11) is 0. The molecule has 1 saturated carbocycles. The van der Waals surface area contributed by atoms with Gasteiger partial charge in [-0.2, -0.15) is 0 Å². The van der Waals surface area contributed by atoms with Gasteiger partial charge in [-0.15, -0.1) is 0 Å². The van der Waals surface area contributed by atoms with Crippen molar-refractivity contribution in [2.45, 2.75) is 45.3 Å². The van der Waals surface area contributed by atoms with Gasteiger partial charge in [0.05, 0.1) is 5.92 Å². The van der Waals surface area contributed by atoms with E-state index in [1.807, 2.05) is 31.2 Å². The highest BCUT2D eigenvalue weighted by molar-refractivity contribution is 5.81. The lowest BCUT2D eigenvalue weighted by atomic mass is 10.1. The van der Waals surface area contributed by atoms with Crippen LogP contribution in [-0.2, 0) is 9.59 Å². The molecule has 1 aromatic carbocycles. The Bertz CT molecular complexity index is 529. The molecule has 0 aliphatic heterocycles. The van der Waals surface area contributed by atoms with E-state index in [1.165, 1.54) is 0 Å². The first-order valence-electron chi connectivity index (χ1n) is 7.22. The number of carbonyl (C=O) groups excluding carboxylic acids is 1. The number of hydrogen-bond acceptors (Lipinski definition) is 3. The van der Waals surface area contributed by atoms with Crippen molar-refractivity contribution in [2.24, 2.45) is 5.92 Å². The van der Waals surface area contributed by atoms with E-state index in [1.54, 1.807) is 6.92 Å². The zero-order valence-electron chi connectivity index (χ0n) is 12.3. The van der Waals surface area contributed by atoms with E-state index < -0.39 is 12.1 Å². The molecule has 1 fully saturated rings. The minimum Gasteiger partial charge on any atom is -0.481 e. The van der Waals surface area contributed by atoms with E-state index >= 15 is 0 Å². The van der Waals surface area contributed by atoms with Crippen LogP contribution in [0.4, 0.5) is 0 Å². The zero-order valence-corrected chi connectivity index (χ0v) is 12.3. The van der Waals surface area contributed by atoms with Crippen LogP contribution in [0, 0.1) is 12.8 Å². The van der Waals surface area contributed by atoms with Crippen molar-refractivity contribution in [3.05, 3.63) is 29.8 Å². The molecule has 2 N–H and O–H groups in total. The molecule has 5 nitrogen and oxygen atoms in total. The number of nitrogens with one attached hydrogen (secondary N) is 1. The van der Waals surface area contributed by atoms with E-state index in [0.717, 1.165) is 5.56 Å². The number of carboxylic acids is 1. The first-order valence-corrected chi connectivity index (χ1v) is 7.22. The Hall–Kier alpha value is -2.04. The Morgan fingerprint density at radius 3 is 2.76 bits per heavy atom. The quantitative estimate of drug-likeness (QED) is 0.871. The molecular formula is C16H21NO4. The second-order valence-electron chi connectivity index (χ2n) is 5.63. The molecule has 0 spiro atoms. The topological polar surface area (TPSA) is 75.6 Å². The van der Waals surface area contributed by atoms with Gasteiger partial charge >= 0.3 is 5.97 Å². The fourth-order valence-electron chi connectivity index (χ4n) is 2.60. The summed E-state index contributed by atoms with van der Waals surface area (Å²) in [5.41, 5.74) is 1.07. The molecule has 0 heterocycles. The fourth-order valence-corrected chi connectivity index (χ4v) is 2.60. The molecule has 0 bridgehead atoms. The van der Waals surface area contributed by atoms with Crippen LogP contribution in [0.3, 0.4) is 0 Å². The average molecular weight is 291 g/mol. The third-order valence-corrected chi connectivity index (χ3v) is 3.80. The van der Waals surface area contributed by atoms with Gasteiger partial charge in [0.2, 0.25) is 0 Å². The molecular weight excluding hydrogens is 270 g/mol. The monoisotopic (exact) mass is 291 g/mol. The molecule has 1 unspecified atom stereocenters. The minimum absolute atomic E-state index is 0.0674. The summed E-state index contributed by atoms with van der Waals surface area (Å²) in [6.45, 7) is 3.66. The number of carboxylic acid groups (broad SMARTS) is 1. The van der Waals surface area contributed by atoms with Gasteiger partial charge in [0.15, 0.2) is 6.10 Å². The third kappa shape index (κ3) is 4.21. The van der Waals surface area contributed by atoms with Gasteiger partial charge in [0.25, 0.3) is 5.91 Å². The highest BCUT2D eigenvalue weighted by atomic mass is 16.5. The molecule has 3 atom stereocenters. The summed E-state index contributed by atoms with van der Waals surface area (Å²) >= 11 is 0. The highest BCUT2D eigenvalue weighted by Crippen LogP contribution is 2.25. The van der Waals surface area contributed by atoms with E-state index in [0.29, 0.717) is 25.0 Å². The summed E-state index contributed by atoms with van der Waals surface area (Å²) in [5, 5.41) is 11.8. The molecule has 5 heteroatoms. The molecule has 0 radical (unpaired) electrons. The van der Waals surface area contributed by atoms with E-state index in [2.05, 4.69) is 5.32 Å². The van der Waals surface area contributed by atoms with Gasteiger partial charge < -0.3 is 15.2 Å². The van der Waals surface area contributed by atoms with Crippen molar-refractivity contribution in [2.75, 3.05) is 0 Å². The Morgan fingerprint density at radius 1 is 1.38 bits per heavy atom. The number of carbonyl (C=O) groups is 2.